The molecule has 0 bridgehead atoms. The van der Waals surface area contributed by atoms with Gasteiger partial charge in [0.25, 0.3) is 6.10 Å². The molecule has 1 rings (SSSR count). The Morgan fingerprint density at radius 2 is 1.46 bits per heavy atom. The molecule has 1 aromatic rings. The van der Waals surface area contributed by atoms with Gasteiger partial charge in [-0.3, -0.25) is 14.4 Å². The van der Waals surface area contributed by atoms with E-state index in [-0.39, 0.29) is 18.6 Å². The number of carbonyl (C=O) groups is 6. The third kappa shape index (κ3) is 14.0. The van der Waals surface area contributed by atoms with Gasteiger partial charge in [0.1, 0.15) is 23.4 Å². The highest BCUT2D eigenvalue weighted by atomic mass is 16.6. The fourth-order valence-corrected chi connectivity index (χ4v) is 3.46. The van der Waals surface area contributed by atoms with Crippen molar-refractivity contribution in [3.63, 3.8) is 0 Å². The summed E-state index contributed by atoms with van der Waals surface area (Å²) in [5.41, 5.74) is -0.361. The van der Waals surface area contributed by atoms with E-state index in [2.05, 4.69) is 16.0 Å². The van der Waals surface area contributed by atoms with Gasteiger partial charge in [-0.05, 0) is 51.3 Å². The van der Waals surface area contributed by atoms with Crippen molar-refractivity contribution >= 4 is 35.8 Å². The molecule has 0 saturated heterocycles. The molecular formula is C27H39N3O11. The Balaban J connectivity index is 3.11. The minimum atomic E-state index is -2.11. The van der Waals surface area contributed by atoms with Crippen LogP contribution < -0.4 is 20.7 Å². The first kappa shape index (κ1) is 34.7. The van der Waals surface area contributed by atoms with Gasteiger partial charge in [-0.1, -0.05) is 31.9 Å². The largest absolute Gasteiger partial charge is 0.481 e. The molecule has 0 saturated carbocycles. The third-order valence-electron chi connectivity index (χ3n) is 5.43. The Kier molecular flexibility index (Phi) is 14.1. The second kappa shape index (κ2) is 16.7. The second-order valence-corrected chi connectivity index (χ2v) is 10.2. The minimum absolute atomic E-state index is 0.0367. The Morgan fingerprint density at radius 1 is 0.854 bits per heavy atom. The average Bonchev–Trinajstić information content (AvgIpc) is 2.86. The lowest BCUT2D eigenvalue weighted by atomic mass is 10.0. The van der Waals surface area contributed by atoms with Gasteiger partial charge in [0.2, 0.25) is 11.8 Å². The van der Waals surface area contributed by atoms with Crippen LogP contribution in [0.25, 0.3) is 0 Å². The van der Waals surface area contributed by atoms with E-state index >= 15 is 0 Å². The number of aliphatic carboxylic acids is 3. The molecule has 0 aliphatic rings. The van der Waals surface area contributed by atoms with Crippen LogP contribution in [0.5, 0.6) is 5.75 Å². The zero-order chi connectivity index (χ0) is 31.2. The predicted octanol–water partition coefficient (Wildman–Crippen LogP) is 1.70. The summed E-state index contributed by atoms with van der Waals surface area (Å²) in [5.74, 6) is -5.89. The van der Waals surface area contributed by atoms with Crippen molar-refractivity contribution in [1.82, 2.24) is 16.0 Å². The fourth-order valence-electron chi connectivity index (χ4n) is 3.46. The Morgan fingerprint density at radius 3 is 1.98 bits per heavy atom. The van der Waals surface area contributed by atoms with Crippen molar-refractivity contribution in [1.29, 1.82) is 0 Å². The van der Waals surface area contributed by atoms with Crippen molar-refractivity contribution < 1.29 is 53.6 Å². The summed E-state index contributed by atoms with van der Waals surface area (Å²) < 4.78 is 10.2. The molecule has 0 aromatic heterocycles. The number of carboxylic acid groups (broad SMARTS) is 3. The first-order chi connectivity index (χ1) is 19.1. The van der Waals surface area contributed by atoms with Crippen LogP contribution in [0.15, 0.2) is 24.3 Å². The number of carbonyl (C=O) groups excluding carboxylic acids is 3. The van der Waals surface area contributed by atoms with Gasteiger partial charge < -0.3 is 40.7 Å². The number of carboxylic acids is 3. The molecule has 3 amide bonds. The zero-order valence-corrected chi connectivity index (χ0v) is 23.6. The Hall–Kier alpha value is -4.36. The summed E-state index contributed by atoms with van der Waals surface area (Å²) in [4.78, 5) is 71.8. The van der Waals surface area contributed by atoms with Gasteiger partial charge in [0, 0.05) is 19.4 Å². The number of ether oxygens (including phenoxy) is 2. The standard InChI is InChI=1S/C27H39N3O11/c1-5-6-7-14-28-22(33)19(15-16-8-10-17(11-9-16)40-21(24(35)36)25(37)38)29-23(34)18(12-13-20(31)32)30-26(39)41-27(2,3)4/h8-11,18-19,21H,5-7,12-15H2,1-4H3,(H,28,33)(H,29,34)(H,30,39)(H,31,32)(H,35,36)(H,37,38). The number of unbranched alkanes of at least 4 members (excludes halogenated alkanes) is 2. The van der Waals surface area contributed by atoms with Crippen LogP contribution in [0.3, 0.4) is 0 Å². The van der Waals surface area contributed by atoms with E-state index in [9.17, 15) is 28.8 Å². The molecule has 1 aromatic carbocycles. The topological polar surface area (TPSA) is 218 Å². The number of alkyl carbamates (subject to hydrolysis) is 1. The lowest BCUT2D eigenvalue weighted by Crippen LogP contribution is -2.55. The van der Waals surface area contributed by atoms with Crippen LogP contribution in [-0.4, -0.2) is 81.5 Å². The molecular weight excluding hydrogens is 542 g/mol. The SMILES string of the molecule is CCCCCNC(=O)C(Cc1ccc(OC(C(=O)O)C(=O)O)cc1)NC(=O)C(CCC(=O)O)NC(=O)OC(C)(C)C. The Bertz CT molecular complexity index is 1050. The van der Waals surface area contributed by atoms with E-state index in [1.807, 2.05) is 6.92 Å². The summed E-state index contributed by atoms with van der Waals surface area (Å²) >= 11 is 0. The van der Waals surface area contributed by atoms with Crippen LogP contribution in [0.2, 0.25) is 0 Å². The van der Waals surface area contributed by atoms with Crippen LogP contribution in [-0.2, 0) is 35.1 Å². The maximum atomic E-state index is 13.2. The van der Waals surface area contributed by atoms with Gasteiger partial charge in [-0.15, -0.1) is 0 Å². The fraction of sp³-hybridized carbons (Fsp3) is 0.556. The first-order valence-electron chi connectivity index (χ1n) is 13.1. The smallest absolute Gasteiger partial charge is 0.408 e. The number of hydrogen-bond donors (Lipinski definition) is 6. The van der Waals surface area contributed by atoms with E-state index in [0.717, 1.165) is 12.8 Å². The molecule has 6 N–H and O–H groups in total. The molecule has 41 heavy (non-hydrogen) atoms. The van der Waals surface area contributed by atoms with Crippen molar-refractivity contribution in [2.24, 2.45) is 0 Å². The van der Waals surface area contributed by atoms with Gasteiger partial charge >= 0.3 is 24.0 Å². The zero-order valence-electron chi connectivity index (χ0n) is 23.6. The van der Waals surface area contributed by atoms with Gasteiger partial charge in [0.15, 0.2) is 0 Å². The lowest BCUT2D eigenvalue weighted by molar-refractivity contribution is -0.159. The molecule has 0 spiro atoms. The van der Waals surface area contributed by atoms with E-state index in [4.69, 9.17) is 24.8 Å². The monoisotopic (exact) mass is 581 g/mol. The van der Waals surface area contributed by atoms with E-state index in [1.165, 1.54) is 24.3 Å². The highest BCUT2D eigenvalue weighted by molar-refractivity contribution is 5.96. The lowest BCUT2D eigenvalue weighted by Gasteiger charge is -2.25. The molecule has 14 heteroatoms. The molecule has 2 unspecified atom stereocenters. The predicted molar refractivity (Wildman–Crippen MR) is 144 cm³/mol. The van der Waals surface area contributed by atoms with Gasteiger partial charge in [-0.25, -0.2) is 14.4 Å². The highest BCUT2D eigenvalue weighted by Crippen LogP contribution is 2.16. The quantitative estimate of drug-likeness (QED) is 0.115. The summed E-state index contributed by atoms with van der Waals surface area (Å²) in [6.45, 7) is 7.23. The van der Waals surface area contributed by atoms with Crippen LogP contribution in [0.1, 0.15) is 65.4 Å². The average molecular weight is 582 g/mol. The van der Waals surface area contributed by atoms with Crippen molar-refractivity contribution in [2.45, 2.75) is 90.0 Å². The molecule has 0 heterocycles. The van der Waals surface area contributed by atoms with Crippen LogP contribution in [0.4, 0.5) is 4.79 Å². The second-order valence-electron chi connectivity index (χ2n) is 10.2. The van der Waals surface area contributed by atoms with E-state index in [1.54, 1.807) is 20.8 Å². The minimum Gasteiger partial charge on any atom is -0.481 e. The molecule has 228 valence electrons. The van der Waals surface area contributed by atoms with E-state index < -0.39 is 66.0 Å². The molecule has 0 aliphatic heterocycles. The Labute approximate surface area is 237 Å². The molecule has 14 nitrogen and oxygen atoms in total. The third-order valence-corrected chi connectivity index (χ3v) is 5.43. The van der Waals surface area contributed by atoms with Crippen molar-refractivity contribution in [3.8, 4) is 5.75 Å². The number of amides is 3. The molecule has 0 fully saturated rings. The summed E-state index contributed by atoms with van der Waals surface area (Å²) in [7, 11) is 0. The maximum Gasteiger partial charge on any atom is 0.408 e. The number of hydrogen-bond acceptors (Lipinski definition) is 8. The van der Waals surface area contributed by atoms with Crippen molar-refractivity contribution in [3.05, 3.63) is 29.8 Å². The highest BCUT2D eigenvalue weighted by Gasteiger charge is 2.30. The van der Waals surface area contributed by atoms with Crippen LogP contribution in [0, 0.1) is 0 Å². The summed E-state index contributed by atoms with van der Waals surface area (Å²) in [6.07, 6.45) is -1.25. The molecule has 2 atom stereocenters. The summed E-state index contributed by atoms with van der Waals surface area (Å²) in [6, 6.07) is 3.16. The number of rotatable bonds is 17. The van der Waals surface area contributed by atoms with Gasteiger partial charge in [0.05, 0.1) is 0 Å². The van der Waals surface area contributed by atoms with Crippen molar-refractivity contribution in [2.75, 3.05) is 6.54 Å². The van der Waals surface area contributed by atoms with Gasteiger partial charge in [-0.2, -0.15) is 0 Å². The maximum absolute atomic E-state index is 13.2. The molecule has 0 radical (unpaired) electrons. The number of benzene rings is 1. The first-order valence-corrected chi connectivity index (χ1v) is 13.1. The normalized spacial score (nSPS) is 12.5. The van der Waals surface area contributed by atoms with E-state index in [0.29, 0.717) is 18.5 Å². The summed E-state index contributed by atoms with van der Waals surface area (Å²) in [5, 5.41) is 34.8. The van der Waals surface area contributed by atoms with Crippen LogP contribution >= 0.6 is 0 Å². The number of nitrogens with one attached hydrogen (secondary N) is 3. The molecule has 0 aliphatic carbocycles.